The Kier molecular flexibility index (Phi) is 3.78. The van der Waals surface area contributed by atoms with Gasteiger partial charge >= 0.3 is 18.9 Å². The van der Waals surface area contributed by atoms with E-state index in [4.69, 9.17) is 0 Å². The fourth-order valence-electron chi connectivity index (χ4n) is 0.277. The van der Waals surface area contributed by atoms with Gasteiger partial charge in [0.15, 0.2) is 0 Å². The van der Waals surface area contributed by atoms with Crippen molar-refractivity contribution in [3.8, 4) is 0 Å². The molecule has 1 rings (SSSR count). The summed E-state index contributed by atoms with van der Waals surface area (Å²) in [6.45, 7) is 0. The molecule has 0 fully saturated rings. The molecule has 1 heterocycles. The maximum Gasteiger partial charge on any atom is 1.00 e. The fraction of sp³-hybridized carbons (Fsp3) is 0. The molecule has 0 aliphatic heterocycles. The minimum Gasteiger partial charge on any atom is -0.391 e. The van der Waals surface area contributed by atoms with E-state index in [0.717, 1.165) is 0 Å². The third kappa shape index (κ3) is 2.44. The Morgan fingerprint density at radius 2 is 1.71 bits per heavy atom. The second-order valence-corrected chi connectivity index (χ2v) is 0.947. The molecule has 0 bridgehead atoms. The minimum absolute atomic E-state index is 0. The average molecular weight is 85.0 g/mol. The van der Waals surface area contributed by atoms with Gasteiger partial charge in [0.2, 0.25) is 0 Å². The number of hydrogen-bond acceptors (Lipinski definition) is 1. The SMILES string of the molecule is [Li+].[c-]1ccncc1. The van der Waals surface area contributed by atoms with Crippen LogP contribution < -0.4 is 18.9 Å². The molecule has 0 aliphatic carbocycles. The van der Waals surface area contributed by atoms with Crippen molar-refractivity contribution in [1.29, 1.82) is 0 Å². The van der Waals surface area contributed by atoms with Crippen LogP contribution in [0.25, 0.3) is 0 Å². The Bertz CT molecular complexity index is 80.0. The molecular weight excluding hydrogens is 81.0 g/mol. The molecule has 30 valence electrons. The van der Waals surface area contributed by atoms with Gasteiger partial charge in [-0.05, 0) is 0 Å². The average Bonchev–Trinajstić information content (AvgIpc) is 1.72. The monoisotopic (exact) mass is 85.1 g/mol. The first-order valence-electron chi connectivity index (χ1n) is 1.76. The van der Waals surface area contributed by atoms with Gasteiger partial charge in [0.25, 0.3) is 0 Å². The van der Waals surface area contributed by atoms with Crippen LogP contribution in [0.2, 0.25) is 0 Å². The van der Waals surface area contributed by atoms with E-state index in [1.54, 1.807) is 24.5 Å². The summed E-state index contributed by atoms with van der Waals surface area (Å²) in [5.41, 5.74) is 0. The first-order chi connectivity index (χ1) is 3.00. The van der Waals surface area contributed by atoms with E-state index in [9.17, 15) is 0 Å². The number of aromatic nitrogens is 1. The molecule has 0 saturated carbocycles. The van der Waals surface area contributed by atoms with Crippen LogP contribution in [-0.2, 0) is 0 Å². The van der Waals surface area contributed by atoms with Gasteiger partial charge in [0.1, 0.15) is 0 Å². The molecule has 0 saturated heterocycles. The molecule has 1 aromatic rings. The molecule has 0 unspecified atom stereocenters. The molecule has 0 N–H and O–H groups in total. The van der Waals surface area contributed by atoms with Gasteiger partial charge in [0.05, 0.1) is 0 Å². The standard InChI is InChI=1S/C5H4N.Li/c1-2-4-6-5-3-1;/h2-5H;/q-1;+1. The zero-order valence-corrected chi connectivity index (χ0v) is 4.26. The van der Waals surface area contributed by atoms with Crippen molar-refractivity contribution < 1.29 is 18.9 Å². The summed E-state index contributed by atoms with van der Waals surface area (Å²) >= 11 is 0. The van der Waals surface area contributed by atoms with Crippen LogP contribution in [0.15, 0.2) is 24.5 Å². The molecule has 0 aliphatic rings. The van der Waals surface area contributed by atoms with Gasteiger partial charge < -0.3 is 4.98 Å². The summed E-state index contributed by atoms with van der Waals surface area (Å²) in [4.78, 5) is 3.75. The first-order valence-corrected chi connectivity index (χ1v) is 1.76. The predicted octanol–water partition coefficient (Wildman–Crippen LogP) is -2.11. The van der Waals surface area contributed by atoms with E-state index in [1.807, 2.05) is 0 Å². The summed E-state index contributed by atoms with van der Waals surface area (Å²) in [7, 11) is 0. The van der Waals surface area contributed by atoms with E-state index < -0.39 is 0 Å². The smallest absolute Gasteiger partial charge is 0.391 e. The summed E-state index contributed by atoms with van der Waals surface area (Å²) < 4.78 is 0. The van der Waals surface area contributed by atoms with Gasteiger partial charge in [-0.2, -0.15) is 18.2 Å². The van der Waals surface area contributed by atoms with Crippen molar-refractivity contribution in [2.75, 3.05) is 0 Å². The molecule has 0 atom stereocenters. The molecule has 0 aromatic carbocycles. The fourth-order valence-corrected chi connectivity index (χ4v) is 0.277. The Labute approximate surface area is 54.9 Å². The molecule has 0 amide bonds. The molecular formula is C5H4LiN. The largest absolute Gasteiger partial charge is 1.00 e. The summed E-state index contributed by atoms with van der Waals surface area (Å²) in [5.74, 6) is 0. The maximum atomic E-state index is 3.75. The van der Waals surface area contributed by atoms with Crippen LogP contribution in [0.3, 0.4) is 0 Å². The summed E-state index contributed by atoms with van der Waals surface area (Å²) in [6.07, 6.45) is 3.39. The maximum absolute atomic E-state index is 3.75. The van der Waals surface area contributed by atoms with Crippen molar-refractivity contribution in [2.24, 2.45) is 0 Å². The molecule has 1 aromatic heterocycles. The van der Waals surface area contributed by atoms with E-state index in [-0.39, 0.29) is 18.9 Å². The second kappa shape index (κ2) is 3.92. The zero-order chi connectivity index (χ0) is 4.24. The predicted molar refractivity (Wildman–Crippen MR) is 23.1 cm³/mol. The Morgan fingerprint density at radius 1 is 1.14 bits per heavy atom. The Hall–Kier alpha value is -0.253. The Balaban J connectivity index is 0.000000360. The van der Waals surface area contributed by atoms with Gasteiger partial charge in [0, 0.05) is 0 Å². The normalized spacial score (nSPS) is 6.86. The van der Waals surface area contributed by atoms with Crippen molar-refractivity contribution in [2.45, 2.75) is 0 Å². The molecule has 1 nitrogen and oxygen atoms in total. The van der Waals surface area contributed by atoms with Gasteiger partial charge in [-0.15, -0.1) is 0 Å². The van der Waals surface area contributed by atoms with Crippen molar-refractivity contribution in [1.82, 2.24) is 4.98 Å². The topological polar surface area (TPSA) is 12.9 Å². The van der Waals surface area contributed by atoms with Crippen LogP contribution in [-0.4, -0.2) is 4.98 Å². The van der Waals surface area contributed by atoms with Gasteiger partial charge in [-0.1, -0.05) is 12.4 Å². The molecule has 0 spiro atoms. The third-order valence-corrected chi connectivity index (χ3v) is 0.514. The van der Waals surface area contributed by atoms with Crippen molar-refractivity contribution >= 4 is 0 Å². The zero-order valence-electron chi connectivity index (χ0n) is 4.26. The number of rotatable bonds is 0. The van der Waals surface area contributed by atoms with Crippen LogP contribution in [0.5, 0.6) is 0 Å². The van der Waals surface area contributed by atoms with Crippen molar-refractivity contribution in [3.05, 3.63) is 30.6 Å². The summed E-state index contributed by atoms with van der Waals surface area (Å²) in [6, 6.07) is 6.36. The van der Waals surface area contributed by atoms with E-state index >= 15 is 0 Å². The number of nitrogens with zero attached hydrogens (tertiary/aromatic N) is 1. The van der Waals surface area contributed by atoms with Crippen LogP contribution in [0, 0.1) is 6.07 Å². The van der Waals surface area contributed by atoms with Crippen LogP contribution in [0.4, 0.5) is 0 Å². The van der Waals surface area contributed by atoms with E-state index in [0.29, 0.717) is 0 Å². The first kappa shape index (κ1) is 6.75. The molecule has 0 radical (unpaired) electrons. The third-order valence-electron chi connectivity index (χ3n) is 0.514. The summed E-state index contributed by atoms with van der Waals surface area (Å²) in [5, 5.41) is 0. The quantitative estimate of drug-likeness (QED) is 0.259. The van der Waals surface area contributed by atoms with Gasteiger partial charge in [-0.3, -0.25) is 0 Å². The van der Waals surface area contributed by atoms with E-state index in [1.165, 1.54) is 0 Å². The van der Waals surface area contributed by atoms with Crippen LogP contribution in [0.1, 0.15) is 0 Å². The molecule has 7 heavy (non-hydrogen) atoms. The van der Waals surface area contributed by atoms with Crippen molar-refractivity contribution in [3.63, 3.8) is 0 Å². The molecule has 2 heteroatoms. The van der Waals surface area contributed by atoms with E-state index in [2.05, 4.69) is 11.1 Å². The Morgan fingerprint density at radius 3 is 1.86 bits per heavy atom. The minimum atomic E-state index is 0. The number of hydrogen-bond donors (Lipinski definition) is 0. The second-order valence-electron chi connectivity index (χ2n) is 0.947. The van der Waals surface area contributed by atoms with Gasteiger partial charge in [-0.25, -0.2) is 0 Å². The van der Waals surface area contributed by atoms with Crippen LogP contribution >= 0.6 is 0 Å². The number of pyridine rings is 1.